The Balaban J connectivity index is 1.18. The molecule has 0 saturated carbocycles. The van der Waals surface area contributed by atoms with Gasteiger partial charge in [-0.15, -0.1) is 0 Å². The first kappa shape index (κ1) is 37.1. The minimum atomic E-state index is -0.646. The third-order valence-corrected chi connectivity index (χ3v) is 6.66. The highest BCUT2D eigenvalue weighted by Crippen LogP contribution is 2.22. The SMILES string of the molecule is C=CC(=O)OCCCOc1ccc(C(=O)Oc2ccc(OC(=O)c3ccc(OC(=O)c4ccc(OCCCOC(=O)C=C)cc4)cc3)cc2)cc1. The molecule has 0 amide bonds. The lowest BCUT2D eigenvalue weighted by Crippen LogP contribution is -2.11. The van der Waals surface area contributed by atoms with Gasteiger partial charge in [-0.25, -0.2) is 24.0 Å². The van der Waals surface area contributed by atoms with E-state index >= 15 is 0 Å². The van der Waals surface area contributed by atoms with Crippen molar-refractivity contribution in [2.75, 3.05) is 26.4 Å². The molecule has 0 aromatic heterocycles. The highest BCUT2D eigenvalue weighted by Gasteiger charge is 2.14. The number of hydrogen-bond acceptors (Lipinski definition) is 12. The molecule has 262 valence electrons. The van der Waals surface area contributed by atoms with Crippen molar-refractivity contribution in [2.45, 2.75) is 12.8 Å². The molecule has 0 fully saturated rings. The monoisotopic (exact) mass is 694 g/mol. The lowest BCUT2D eigenvalue weighted by molar-refractivity contribution is -0.138. The zero-order valence-corrected chi connectivity index (χ0v) is 27.4. The molecule has 0 bridgehead atoms. The van der Waals surface area contributed by atoms with E-state index in [1.54, 1.807) is 48.5 Å². The van der Waals surface area contributed by atoms with Gasteiger partial charge in [-0.2, -0.15) is 0 Å². The maximum Gasteiger partial charge on any atom is 0.343 e. The van der Waals surface area contributed by atoms with Gasteiger partial charge in [0.05, 0.1) is 43.1 Å². The largest absolute Gasteiger partial charge is 0.493 e. The van der Waals surface area contributed by atoms with Gasteiger partial charge in [-0.3, -0.25) is 0 Å². The first-order valence-corrected chi connectivity index (χ1v) is 15.6. The summed E-state index contributed by atoms with van der Waals surface area (Å²) in [6, 6.07) is 24.5. The Kier molecular flexibility index (Phi) is 14.1. The van der Waals surface area contributed by atoms with Crippen LogP contribution in [0.5, 0.6) is 28.7 Å². The number of rotatable bonds is 18. The van der Waals surface area contributed by atoms with E-state index in [1.807, 2.05) is 0 Å². The molecule has 4 rings (SSSR count). The molecule has 0 N–H and O–H groups in total. The van der Waals surface area contributed by atoms with Gasteiger partial charge >= 0.3 is 29.8 Å². The molecule has 0 spiro atoms. The summed E-state index contributed by atoms with van der Waals surface area (Å²) in [5.74, 6) is -1.06. The molecule has 0 aliphatic heterocycles. The molecule has 12 nitrogen and oxygen atoms in total. The number of benzene rings is 4. The van der Waals surface area contributed by atoms with Crippen LogP contribution < -0.4 is 23.7 Å². The Morgan fingerprint density at radius 2 is 0.686 bits per heavy atom. The van der Waals surface area contributed by atoms with E-state index < -0.39 is 29.8 Å². The lowest BCUT2D eigenvalue weighted by atomic mass is 10.2. The van der Waals surface area contributed by atoms with Crippen LogP contribution in [0.15, 0.2) is 122 Å². The van der Waals surface area contributed by atoms with Crippen molar-refractivity contribution in [2.24, 2.45) is 0 Å². The van der Waals surface area contributed by atoms with Crippen LogP contribution in [0.4, 0.5) is 0 Å². The van der Waals surface area contributed by atoms with E-state index in [2.05, 4.69) is 13.2 Å². The summed E-state index contributed by atoms with van der Waals surface area (Å²) >= 11 is 0. The van der Waals surface area contributed by atoms with E-state index in [-0.39, 0.29) is 36.0 Å². The number of carbonyl (C=O) groups is 5. The molecule has 0 aliphatic rings. The zero-order valence-electron chi connectivity index (χ0n) is 27.4. The van der Waals surface area contributed by atoms with Crippen LogP contribution in [0.25, 0.3) is 0 Å². The average Bonchev–Trinajstić information content (AvgIpc) is 3.15. The summed E-state index contributed by atoms with van der Waals surface area (Å²) in [5, 5.41) is 0. The summed E-state index contributed by atoms with van der Waals surface area (Å²) in [6.45, 7) is 7.70. The lowest BCUT2D eigenvalue weighted by Gasteiger charge is -2.09. The van der Waals surface area contributed by atoms with Crippen molar-refractivity contribution in [3.8, 4) is 28.7 Å². The Hall–Kier alpha value is -6.69. The summed E-state index contributed by atoms with van der Waals surface area (Å²) < 4.78 is 37.1. The van der Waals surface area contributed by atoms with Crippen LogP contribution in [0, 0.1) is 0 Å². The van der Waals surface area contributed by atoms with Gasteiger partial charge in [0.25, 0.3) is 0 Å². The van der Waals surface area contributed by atoms with Crippen molar-refractivity contribution < 1.29 is 57.1 Å². The zero-order chi connectivity index (χ0) is 36.4. The van der Waals surface area contributed by atoms with Gasteiger partial charge in [0.1, 0.15) is 28.7 Å². The smallest absolute Gasteiger partial charge is 0.343 e. The van der Waals surface area contributed by atoms with Crippen molar-refractivity contribution in [3.63, 3.8) is 0 Å². The highest BCUT2D eigenvalue weighted by atomic mass is 16.6. The first-order chi connectivity index (χ1) is 24.7. The molecule has 12 heteroatoms. The molecule has 0 aliphatic carbocycles. The topological polar surface area (TPSA) is 150 Å². The van der Waals surface area contributed by atoms with E-state index in [0.717, 1.165) is 12.2 Å². The molecular weight excluding hydrogens is 660 g/mol. The summed E-state index contributed by atoms with van der Waals surface area (Å²) in [4.78, 5) is 59.9. The van der Waals surface area contributed by atoms with Gasteiger partial charge in [0, 0.05) is 25.0 Å². The standard InChI is InChI=1S/C39H34O12/c1-3-35(40)47-25-5-23-45-30-13-7-27(8-14-30)37(42)49-32-17-11-29(12-18-32)39(44)51-34-21-19-33(20-22-34)50-38(43)28-9-15-31(16-10-28)46-24-6-26-48-36(41)4-2/h3-4,7-22H,1-2,5-6,23-26H2. The molecule has 0 atom stereocenters. The quantitative estimate of drug-likeness (QED) is 0.0495. The van der Waals surface area contributed by atoms with E-state index in [0.29, 0.717) is 48.7 Å². The van der Waals surface area contributed by atoms with Gasteiger partial charge in [0.15, 0.2) is 0 Å². The van der Waals surface area contributed by atoms with Crippen molar-refractivity contribution in [3.05, 3.63) is 139 Å². The molecule has 51 heavy (non-hydrogen) atoms. The number of hydrogen-bond donors (Lipinski definition) is 0. The fourth-order valence-electron chi connectivity index (χ4n) is 4.07. The fraction of sp³-hybridized carbons (Fsp3) is 0.154. The van der Waals surface area contributed by atoms with Gasteiger partial charge in [-0.1, -0.05) is 13.2 Å². The maximum atomic E-state index is 12.7. The minimum Gasteiger partial charge on any atom is -0.493 e. The second kappa shape index (κ2) is 19.3. The average molecular weight is 695 g/mol. The van der Waals surface area contributed by atoms with Crippen LogP contribution in [0.3, 0.4) is 0 Å². The van der Waals surface area contributed by atoms with E-state index in [9.17, 15) is 24.0 Å². The molecule has 0 saturated heterocycles. The number of carbonyl (C=O) groups excluding carboxylic acids is 5. The second-order valence-electron chi connectivity index (χ2n) is 10.4. The molecule has 4 aromatic carbocycles. The normalized spacial score (nSPS) is 10.2. The van der Waals surface area contributed by atoms with Crippen LogP contribution in [-0.2, 0) is 19.1 Å². The molecule has 0 heterocycles. The third kappa shape index (κ3) is 12.4. The Morgan fingerprint density at radius 3 is 0.980 bits per heavy atom. The van der Waals surface area contributed by atoms with Gasteiger partial charge in [0.2, 0.25) is 0 Å². The van der Waals surface area contributed by atoms with Crippen LogP contribution in [-0.4, -0.2) is 56.3 Å². The molecule has 0 unspecified atom stereocenters. The molecule has 4 aromatic rings. The second-order valence-corrected chi connectivity index (χ2v) is 10.4. The van der Waals surface area contributed by atoms with Crippen molar-refractivity contribution in [1.29, 1.82) is 0 Å². The Labute approximate surface area is 293 Å². The van der Waals surface area contributed by atoms with Crippen LogP contribution in [0.1, 0.15) is 43.9 Å². The Morgan fingerprint density at radius 1 is 0.412 bits per heavy atom. The molecular formula is C39H34O12. The number of esters is 5. The molecule has 0 radical (unpaired) electrons. The van der Waals surface area contributed by atoms with Crippen molar-refractivity contribution >= 4 is 29.8 Å². The predicted octanol–water partition coefficient (Wildman–Crippen LogP) is 6.34. The first-order valence-electron chi connectivity index (χ1n) is 15.6. The summed E-state index contributed by atoms with van der Waals surface area (Å²) in [5.41, 5.74) is 0.810. The van der Waals surface area contributed by atoms with Crippen LogP contribution in [0.2, 0.25) is 0 Å². The Bertz CT molecular complexity index is 1810. The third-order valence-electron chi connectivity index (χ3n) is 6.66. The summed E-state index contributed by atoms with van der Waals surface area (Å²) in [7, 11) is 0. The number of ether oxygens (including phenoxy) is 7. The van der Waals surface area contributed by atoms with E-state index in [1.165, 1.54) is 48.5 Å². The van der Waals surface area contributed by atoms with Gasteiger partial charge in [-0.05, 0) is 97.1 Å². The van der Waals surface area contributed by atoms with Crippen LogP contribution >= 0.6 is 0 Å². The van der Waals surface area contributed by atoms with Gasteiger partial charge < -0.3 is 33.2 Å². The fourth-order valence-corrected chi connectivity index (χ4v) is 4.07. The predicted molar refractivity (Wildman–Crippen MR) is 183 cm³/mol. The minimum absolute atomic E-state index is 0.204. The van der Waals surface area contributed by atoms with E-state index in [4.69, 9.17) is 33.2 Å². The highest BCUT2D eigenvalue weighted by molar-refractivity contribution is 5.93. The summed E-state index contributed by atoms with van der Waals surface area (Å²) in [6.07, 6.45) is 3.17. The van der Waals surface area contributed by atoms with Crippen molar-refractivity contribution in [1.82, 2.24) is 0 Å². The maximum absolute atomic E-state index is 12.7.